The van der Waals surface area contributed by atoms with Crippen LogP contribution in [0.1, 0.15) is 25.3 Å². The molecule has 0 spiro atoms. The monoisotopic (exact) mass is 404 g/mol. The maximum Gasteiger partial charge on any atom is 0.518 e. The molecule has 0 saturated heterocycles. The van der Waals surface area contributed by atoms with Crippen molar-refractivity contribution in [3.8, 4) is 0 Å². The van der Waals surface area contributed by atoms with Gasteiger partial charge < -0.3 is 0 Å². The molecule has 0 atom stereocenters. The van der Waals surface area contributed by atoms with Crippen LogP contribution in [0.5, 0.6) is 0 Å². The molecule has 0 radical (unpaired) electrons. The zero-order valence-electron chi connectivity index (χ0n) is 15.1. The standard InChI is InChI=1S/C9H11F3N2O2S.C8H12N2/c1-2-7-5-3-4-6-8(7)14(13)17(15,16)9(10,11)12;1-9-10(2)8-6-4-3-5-7-8/h3-6H,2,13H2,1H3;4,6-7H,1,3,5H2,2H3. The average molecular weight is 404 g/mol. The van der Waals surface area contributed by atoms with Crippen molar-refractivity contribution in [2.45, 2.75) is 31.7 Å². The Labute approximate surface area is 157 Å². The smallest absolute Gasteiger partial charge is 0.270 e. The second kappa shape index (κ2) is 9.56. The van der Waals surface area contributed by atoms with E-state index in [2.05, 4.69) is 30.0 Å². The number of hydrazone groups is 1. The van der Waals surface area contributed by atoms with Gasteiger partial charge in [0.25, 0.3) is 0 Å². The van der Waals surface area contributed by atoms with Crippen molar-refractivity contribution in [2.24, 2.45) is 10.9 Å². The Hall–Kier alpha value is -2.33. The minimum atomic E-state index is -5.55. The molecular formula is C17H23F3N4O2S. The average Bonchev–Trinajstić information content (AvgIpc) is 2.67. The number of hydrogen-bond donors (Lipinski definition) is 1. The van der Waals surface area contributed by atoms with Gasteiger partial charge in [0.05, 0.1) is 11.4 Å². The molecule has 6 nitrogen and oxygen atoms in total. The van der Waals surface area contributed by atoms with Crippen LogP contribution in [0.15, 0.2) is 53.3 Å². The molecule has 0 saturated carbocycles. The Balaban J connectivity index is 0.000000309. The molecule has 27 heavy (non-hydrogen) atoms. The Morgan fingerprint density at radius 3 is 2.37 bits per heavy atom. The van der Waals surface area contributed by atoms with Gasteiger partial charge in [0.15, 0.2) is 0 Å². The molecule has 0 aliphatic heterocycles. The van der Waals surface area contributed by atoms with E-state index in [1.54, 1.807) is 18.0 Å². The van der Waals surface area contributed by atoms with E-state index in [1.165, 1.54) is 18.2 Å². The normalized spacial score (nSPS) is 13.9. The van der Waals surface area contributed by atoms with Gasteiger partial charge in [-0.2, -0.15) is 31.1 Å². The minimum absolute atomic E-state index is 0.174. The number of likely N-dealkylation sites (N-methyl/N-ethyl adjacent to an activating group) is 1. The van der Waals surface area contributed by atoms with Crippen LogP contribution in [0.3, 0.4) is 0 Å². The van der Waals surface area contributed by atoms with Crippen molar-refractivity contribution >= 4 is 22.4 Å². The zero-order valence-corrected chi connectivity index (χ0v) is 16.0. The number of hydrazine groups is 1. The number of aryl methyl sites for hydroxylation is 1. The lowest BCUT2D eigenvalue weighted by atomic mass is 10.1. The maximum atomic E-state index is 12.3. The molecule has 2 rings (SSSR count). The SMILES string of the molecule is C=NN(C)C1=CCCC=C1.CCc1ccccc1N(N)S(=O)(=O)C(F)(F)F. The molecule has 0 amide bonds. The third-order valence-corrected chi connectivity index (χ3v) is 5.02. The number of hydrogen-bond acceptors (Lipinski definition) is 5. The van der Waals surface area contributed by atoms with E-state index < -0.39 is 15.5 Å². The summed E-state index contributed by atoms with van der Waals surface area (Å²) in [4.78, 5) is 0. The van der Waals surface area contributed by atoms with E-state index in [0.29, 0.717) is 12.0 Å². The first-order valence-electron chi connectivity index (χ1n) is 8.07. The second-order valence-electron chi connectivity index (χ2n) is 5.50. The number of sulfonamides is 1. The number of allylic oxidation sites excluding steroid dienone is 3. The van der Waals surface area contributed by atoms with Crippen LogP contribution in [-0.2, 0) is 16.4 Å². The van der Waals surface area contributed by atoms with Crippen molar-refractivity contribution in [1.29, 1.82) is 0 Å². The number of nitrogens with two attached hydrogens (primary N) is 1. The first-order valence-corrected chi connectivity index (χ1v) is 9.51. The van der Waals surface area contributed by atoms with Crippen LogP contribution >= 0.6 is 0 Å². The third-order valence-electron chi connectivity index (χ3n) is 3.72. The van der Waals surface area contributed by atoms with Gasteiger partial charge in [-0.1, -0.05) is 37.3 Å². The lowest BCUT2D eigenvalue weighted by Gasteiger charge is -2.22. The molecule has 1 aliphatic rings. The minimum Gasteiger partial charge on any atom is -0.270 e. The number of nitrogens with zero attached hydrogens (tertiary/aromatic N) is 3. The molecule has 0 bridgehead atoms. The zero-order chi connectivity index (χ0) is 20.7. The van der Waals surface area contributed by atoms with Gasteiger partial charge in [-0.25, -0.2) is 5.84 Å². The molecule has 0 fully saturated rings. The Morgan fingerprint density at radius 1 is 1.26 bits per heavy atom. The van der Waals surface area contributed by atoms with Gasteiger partial charge >= 0.3 is 15.5 Å². The molecule has 1 aliphatic carbocycles. The number of benzene rings is 1. The number of anilines is 1. The van der Waals surface area contributed by atoms with Crippen LogP contribution in [-0.4, -0.2) is 32.7 Å². The molecule has 0 heterocycles. The summed E-state index contributed by atoms with van der Waals surface area (Å²) in [5.74, 6) is 5.06. The molecule has 2 N–H and O–H groups in total. The van der Waals surface area contributed by atoms with Gasteiger partial charge in [0.1, 0.15) is 0 Å². The summed E-state index contributed by atoms with van der Waals surface area (Å²) < 4.78 is 58.8. The summed E-state index contributed by atoms with van der Waals surface area (Å²) in [6.45, 7) is 5.12. The summed E-state index contributed by atoms with van der Waals surface area (Å²) in [5, 5.41) is 5.55. The van der Waals surface area contributed by atoms with E-state index in [4.69, 9.17) is 5.84 Å². The predicted octanol–water partition coefficient (Wildman–Crippen LogP) is 3.55. The number of rotatable bonds is 5. The number of para-hydroxylation sites is 1. The second-order valence-corrected chi connectivity index (χ2v) is 7.31. The molecule has 150 valence electrons. The predicted molar refractivity (Wildman–Crippen MR) is 101 cm³/mol. The quantitative estimate of drug-likeness (QED) is 0.462. The lowest BCUT2D eigenvalue weighted by Crippen LogP contribution is -2.45. The van der Waals surface area contributed by atoms with Gasteiger partial charge in [0.2, 0.25) is 0 Å². The molecule has 10 heteroatoms. The van der Waals surface area contributed by atoms with Crippen molar-refractivity contribution in [1.82, 2.24) is 5.01 Å². The van der Waals surface area contributed by atoms with Crippen molar-refractivity contribution < 1.29 is 21.6 Å². The van der Waals surface area contributed by atoms with Gasteiger partial charge in [-0.05, 0) is 37.0 Å². The summed E-state index contributed by atoms with van der Waals surface area (Å²) in [5.41, 5.74) is -4.03. The van der Waals surface area contributed by atoms with Crippen LogP contribution in [0.2, 0.25) is 0 Å². The van der Waals surface area contributed by atoms with Gasteiger partial charge in [0, 0.05) is 13.8 Å². The highest BCUT2D eigenvalue weighted by Crippen LogP contribution is 2.30. The van der Waals surface area contributed by atoms with Crippen molar-refractivity contribution in [3.05, 3.63) is 53.8 Å². The van der Waals surface area contributed by atoms with Crippen LogP contribution in [0.4, 0.5) is 18.9 Å². The first kappa shape index (κ1) is 22.7. The van der Waals surface area contributed by atoms with E-state index in [-0.39, 0.29) is 10.1 Å². The molecule has 0 aromatic heterocycles. The highest BCUT2D eigenvalue weighted by atomic mass is 32.2. The van der Waals surface area contributed by atoms with Crippen molar-refractivity contribution in [3.63, 3.8) is 0 Å². The highest BCUT2D eigenvalue weighted by molar-refractivity contribution is 7.93. The Morgan fingerprint density at radius 2 is 1.89 bits per heavy atom. The van der Waals surface area contributed by atoms with Crippen LogP contribution in [0.25, 0.3) is 0 Å². The summed E-state index contributed by atoms with van der Waals surface area (Å²) >= 11 is 0. The third kappa shape index (κ3) is 5.83. The summed E-state index contributed by atoms with van der Waals surface area (Å²) in [6, 6.07) is 5.75. The molecule has 1 aromatic rings. The number of halogens is 3. The lowest BCUT2D eigenvalue weighted by molar-refractivity contribution is -0.0438. The van der Waals surface area contributed by atoms with E-state index >= 15 is 0 Å². The largest absolute Gasteiger partial charge is 0.518 e. The fourth-order valence-electron chi connectivity index (χ4n) is 2.19. The van der Waals surface area contributed by atoms with Crippen LogP contribution in [0, 0.1) is 0 Å². The van der Waals surface area contributed by atoms with Gasteiger partial charge in [-0.3, -0.25) is 5.01 Å². The summed E-state index contributed by atoms with van der Waals surface area (Å²) in [7, 11) is -3.65. The fourth-order valence-corrected chi connectivity index (χ4v) is 2.85. The fraction of sp³-hybridized carbons (Fsp3) is 0.353. The first-order chi connectivity index (χ1) is 12.6. The van der Waals surface area contributed by atoms with E-state index in [0.717, 1.165) is 18.5 Å². The molecule has 1 aromatic carbocycles. The van der Waals surface area contributed by atoms with E-state index in [1.807, 2.05) is 7.05 Å². The van der Waals surface area contributed by atoms with Crippen molar-refractivity contribution in [2.75, 3.05) is 11.5 Å². The Bertz CT molecular complexity index is 805. The molecule has 0 unspecified atom stereocenters. The highest BCUT2D eigenvalue weighted by Gasteiger charge is 2.50. The maximum absolute atomic E-state index is 12.3. The van der Waals surface area contributed by atoms with Crippen LogP contribution < -0.4 is 10.3 Å². The van der Waals surface area contributed by atoms with Gasteiger partial charge in [-0.15, -0.1) is 0 Å². The number of alkyl halides is 3. The molecular weight excluding hydrogens is 381 g/mol. The Kier molecular flexibility index (Phi) is 8.04. The topological polar surface area (TPSA) is 79.0 Å². The van der Waals surface area contributed by atoms with E-state index in [9.17, 15) is 21.6 Å². The summed E-state index contributed by atoms with van der Waals surface area (Å²) in [6.07, 6.45) is 9.02.